The molecule has 102 valence electrons. The number of ether oxygens (including phenoxy) is 2. The summed E-state index contributed by atoms with van der Waals surface area (Å²) in [5.41, 5.74) is 0.698. The topological polar surface area (TPSA) is 61.3 Å². The van der Waals surface area contributed by atoms with Gasteiger partial charge in [-0.3, -0.25) is 0 Å². The van der Waals surface area contributed by atoms with Crippen LogP contribution in [0.25, 0.3) is 10.2 Å². The Kier molecular flexibility index (Phi) is 4.57. The summed E-state index contributed by atoms with van der Waals surface area (Å²) in [7, 11) is 1.54. The van der Waals surface area contributed by atoms with Gasteiger partial charge in [0.05, 0.1) is 12.0 Å². The summed E-state index contributed by atoms with van der Waals surface area (Å²) in [5, 5.41) is 0.924. The van der Waals surface area contributed by atoms with E-state index in [0.717, 1.165) is 0 Å². The number of aryl methyl sites for hydroxylation is 1. The number of nitrogens with zero attached hydrogens (tertiary/aromatic N) is 2. The third kappa shape index (κ3) is 2.97. The second-order valence-corrected chi connectivity index (χ2v) is 5.34. The highest BCUT2D eigenvalue weighted by Gasteiger charge is 2.20. The Morgan fingerprint density at radius 3 is 2.74 bits per heavy atom. The van der Waals surface area contributed by atoms with Gasteiger partial charge in [-0.2, -0.15) is 0 Å². The molecule has 0 saturated carbocycles. The van der Waals surface area contributed by atoms with Gasteiger partial charge < -0.3 is 9.47 Å². The molecule has 0 atom stereocenters. The molecule has 0 aliphatic heterocycles. The summed E-state index contributed by atoms with van der Waals surface area (Å²) in [6.45, 7) is 2.32. The van der Waals surface area contributed by atoms with E-state index < -0.39 is 5.97 Å². The summed E-state index contributed by atoms with van der Waals surface area (Å²) in [6, 6.07) is 0. The van der Waals surface area contributed by atoms with Gasteiger partial charge in [-0.15, -0.1) is 11.3 Å². The van der Waals surface area contributed by atoms with E-state index in [1.165, 1.54) is 18.4 Å². The number of aromatic nitrogens is 2. The van der Waals surface area contributed by atoms with E-state index in [-0.39, 0.29) is 17.0 Å². The van der Waals surface area contributed by atoms with E-state index in [1.807, 2.05) is 0 Å². The first kappa shape index (κ1) is 14.5. The third-order valence-electron chi connectivity index (χ3n) is 2.42. The van der Waals surface area contributed by atoms with Gasteiger partial charge in [0.1, 0.15) is 21.5 Å². The van der Waals surface area contributed by atoms with Gasteiger partial charge in [-0.05, 0) is 24.1 Å². The number of hydrogen-bond acceptors (Lipinski definition) is 6. The average molecular weight is 321 g/mol. The van der Waals surface area contributed by atoms with Crippen molar-refractivity contribution in [2.75, 3.05) is 20.3 Å². The van der Waals surface area contributed by atoms with Crippen molar-refractivity contribution in [1.29, 1.82) is 0 Å². The van der Waals surface area contributed by atoms with Crippen molar-refractivity contribution in [3.63, 3.8) is 0 Å². The number of esters is 1. The van der Waals surface area contributed by atoms with Gasteiger partial charge >= 0.3 is 5.97 Å². The SMILES string of the molecule is COCCOC(=O)c1sc2nc(Cl)nc(Cl)c2c1C. The fourth-order valence-corrected chi connectivity index (χ4v) is 3.25. The van der Waals surface area contributed by atoms with Crippen LogP contribution in [0.3, 0.4) is 0 Å². The van der Waals surface area contributed by atoms with Crippen LogP contribution in [0, 0.1) is 6.92 Å². The van der Waals surface area contributed by atoms with E-state index in [2.05, 4.69) is 9.97 Å². The van der Waals surface area contributed by atoms with Crippen LogP contribution in [0.4, 0.5) is 0 Å². The molecule has 0 fully saturated rings. The Balaban J connectivity index is 2.37. The lowest BCUT2D eigenvalue weighted by molar-refractivity contribution is 0.0393. The van der Waals surface area contributed by atoms with Crippen molar-refractivity contribution < 1.29 is 14.3 Å². The molecule has 0 aromatic carbocycles. The molecule has 8 heteroatoms. The Morgan fingerprint density at radius 2 is 2.05 bits per heavy atom. The molecule has 0 amide bonds. The molecular weight excluding hydrogens is 311 g/mol. The Morgan fingerprint density at radius 1 is 1.32 bits per heavy atom. The van der Waals surface area contributed by atoms with Crippen molar-refractivity contribution >= 4 is 50.7 Å². The second kappa shape index (κ2) is 6.00. The number of carbonyl (C=O) groups is 1. The highest BCUT2D eigenvalue weighted by atomic mass is 35.5. The average Bonchev–Trinajstić information content (AvgIpc) is 2.66. The lowest BCUT2D eigenvalue weighted by atomic mass is 10.2. The van der Waals surface area contributed by atoms with E-state index in [9.17, 15) is 4.79 Å². The van der Waals surface area contributed by atoms with Crippen LogP contribution >= 0.6 is 34.5 Å². The first-order valence-corrected chi connectivity index (χ1v) is 6.90. The normalized spacial score (nSPS) is 10.9. The highest BCUT2D eigenvalue weighted by molar-refractivity contribution is 7.20. The molecule has 0 radical (unpaired) electrons. The van der Waals surface area contributed by atoms with E-state index >= 15 is 0 Å². The number of carbonyl (C=O) groups excluding carboxylic acids is 1. The summed E-state index contributed by atoms with van der Waals surface area (Å²) in [6.07, 6.45) is 0. The van der Waals surface area contributed by atoms with Crippen LogP contribution in [0.2, 0.25) is 10.4 Å². The lowest BCUT2D eigenvalue weighted by Gasteiger charge is -2.02. The summed E-state index contributed by atoms with van der Waals surface area (Å²) in [4.78, 5) is 20.9. The minimum Gasteiger partial charge on any atom is -0.459 e. The Hall–Kier alpha value is -0.950. The van der Waals surface area contributed by atoms with Gasteiger partial charge in [0, 0.05) is 7.11 Å². The van der Waals surface area contributed by atoms with E-state index in [4.69, 9.17) is 32.7 Å². The minimum atomic E-state index is -0.426. The molecule has 2 heterocycles. The maximum Gasteiger partial charge on any atom is 0.348 e. The van der Waals surface area contributed by atoms with Gasteiger partial charge in [-0.1, -0.05) is 11.6 Å². The molecular formula is C11H10Cl2N2O3S. The number of fused-ring (bicyclic) bond motifs is 1. The number of halogens is 2. The smallest absolute Gasteiger partial charge is 0.348 e. The fraction of sp³-hybridized carbons (Fsp3) is 0.364. The van der Waals surface area contributed by atoms with Crippen molar-refractivity contribution in [2.24, 2.45) is 0 Å². The van der Waals surface area contributed by atoms with Crippen LogP contribution < -0.4 is 0 Å². The lowest BCUT2D eigenvalue weighted by Crippen LogP contribution is -2.09. The zero-order chi connectivity index (χ0) is 14.0. The minimum absolute atomic E-state index is 0.0538. The quantitative estimate of drug-likeness (QED) is 0.375. The van der Waals surface area contributed by atoms with E-state index in [1.54, 1.807) is 6.92 Å². The predicted molar refractivity (Wildman–Crippen MR) is 74.3 cm³/mol. The van der Waals surface area contributed by atoms with Crippen LogP contribution in [-0.2, 0) is 9.47 Å². The maximum absolute atomic E-state index is 11.9. The molecule has 0 bridgehead atoms. The Bertz CT molecular complexity index is 630. The summed E-state index contributed by atoms with van der Waals surface area (Å²) >= 11 is 12.9. The van der Waals surface area contributed by atoms with Gasteiger partial charge in [0.2, 0.25) is 5.28 Å². The van der Waals surface area contributed by atoms with Crippen LogP contribution in [0.15, 0.2) is 0 Å². The zero-order valence-electron chi connectivity index (χ0n) is 10.2. The third-order valence-corrected chi connectivity index (χ3v) is 4.03. The largest absolute Gasteiger partial charge is 0.459 e. The van der Waals surface area contributed by atoms with Crippen LogP contribution in [-0.4, -0.2) is 36.3 Å². The molecule has 0 saturated heterocycles. The molecule has 5 nitrogen and oxygen atoms in total. The molecule has 2 aromatic heterocycles. The molecule has 0 unspecified atom stereocenters. The second-order valence-electron chi connectivity index (χ2n) is 3.65. The monoisotopic (exact) mass is 320 g/mol. The fourth-order valence-electron chi connectivity index (χ4n) is 1.54. The number of rotatable bonds is 4. The van der Waals surface area contributed by atoms with Gasteiger partial charge in [0.25, 0.3) is 0 Å². The van der Waals surface area contributed by atoms with Crippen LogP contribution in [0.5, 0.6) is 0 Å². The first-order valence-electron chi connectivity index (χ1n) is 5.32. The predicted octanol–water partition coefficient (Wildman–Crippen LogP) is 3.11. The molecule has 0 aliphatic carbocycles. The van der Waals surface area contributed by atoms with Crippen molar-refractivity contribution in [1.82, 2.24) is 9.97 Å². The molecule has 2 rings (SSSR count). The number of hydrogen-bond donors (Lipinski definition) is 0. The van der Waals surface area contributed by atoms with Crippen molar-refractivity contribution in [3.05, 3.63) is 20.9 Å². The Labute approximate surface area is 123 Å². The zero-order valence-corrected chi connectivity index (χ0v) is 12.5. The summed E-state index contributed by atoms with van der Waals surface area (Å²) < 4.78 is 9.89. The maximum atomic E-state index is 11.9. The summed E-state index contributed by atoms with van der Waals surface area (Å²) in [5.74, 6) is -0.426. The molecule has 0 spiro atoms. The first-order chi connectivity index (χ1) is 9.04. The van der Waals surface area contributed by atoms with Crippen molar-refractivity contribution in [3.8, 4) is 0 Å². The molecule has 19 heavy (non-hydrogen) atoms. The van der Waals surface area contributed by atoms with E-state index in [0.29, 0.717) is 27.3 Å². The number of methoxy groups -OCH3 is 1. The van der Waals surface area contributed by atoms with Crippen LogP contribution in [0.1, 0.15) is 15.2 Å². The molecule has 2 aromatic rings. The standard InChI is InChI=1S/C11H10Cl2N2O3S/c1-5-6-8(12)14-11(13)15-9(6)19-7(5)10(16)18-4-3-17-2/h3-4H2,1-2H3. The number of thiophene rings is 1. The van der Waals surface area contributed by atoms with Crippen molar-refractivity contribution in [2.45, 2.75) is 6.92 Å². The molecule has 0 N–H and O–H groups in total. The highest BCUT2D eigenvalue weighted by Crippen LogP contribution is 2.34. The van der Waals surface area contributed by atoms with Gasteiger partial charge in [-0.25, -0.2) is 14.8 Å². The van der Waals surface area contributed by atoms with Gasteiger partial charge in [0.15, 0.2) is 0 Å². The molecule has 0 aliphatic rings.